The van der Waals surface area contributed by atoms with Gasteiger partial charge in [-0.1, -0.05) is 0 Å². The second-order valence-corrected chi connectivity index (χ2v) is 4.65. The standard InChI is InChI=1S/C13H18N2O4/c1-6(5-10(17)18)14-13(19)12-7(2)11(9(4)16)8(3)15-12/h6,15H,5H2,1-4H3,(H,14,19)(H,17,18). The van der Waals surface area contributed by atoms with Crippen molar-refractivity contribution in [2.45, 2.75) is 40.2 Å². The minimum Gasteiger partial charge on any atom is -0.481 e. The molecule has 6 nitrogen and oxygen atoms in total. The predicted octanol–water partition coefficient (Wildman–Crippen LogP) is 1.43. The Morgan fingerprint density at radius 2 is 1.89 bits per heavy atom. The van der Waals surface area contributed by atoms with Crippen molar-refractivity contribution in [2.75, 3.05) is 0 Å². The van der Waals surface area contributed by atoms with E-state index in [0.717, 1.165) is 0 Å². The molecule has 0 bridgehead atoms. The van der Waals surface area contributed by atoms with Crippen LogP contribution < -0.4 is 5.32 Å². The normalized spacial score (nSPS) is 12.0. The number of amides is 1. The molecular formula is C13H18N2O4. The number of aryl methyl sites for hydroxylation is 1. The summed E-state index contributed by atoms with van der Waals surface area (Å²) in [6.07, 6.45) is -0.149. The predicted molar refractivity (Wildman–Crippen MR) is 69.5 cm³/mol. The summed E-state index contributed by atoms with van der Waals surface area (Å²) in [4.78, 5) is 36.9. The van der Waals surface area contributed by atoms with Crippen molar-refractivity contribution in [3.8, 4) is 0 Å². The molecule has 1 aromatic heterocycles. The van der Waals surface area contributed by atoms with E-state index in [2.05, 4.69) is 10.3 Å². The summed E-state index contributed by atoms with van der Waals surface area (Å²) in [7, 11) is 0. The average Bonchev–Trinajstić information content (AvgIpc) is 2.52. The van der Waals surface area contributed by atoms with Gasteiger partial charge in [0.25, 0.3) is 5.91 Å². The molecule has 1 unspecified atom stereocenters. The van der Waals surface area contributed by atoms with E-state index >= 15 is 0 Å². The summed E-state index contributed by atoms with van der Waals surface area (Å²) in [5.74, 6) is -1.48. The van der Waals surface area contributed by atoms with E-state index in [-0.39, 0.29) is 12.2 Å². The van der Waals surface area contributed by atoms with E-state index < -0.39 is 17.9 Å². The molecule has 0 aliphatic rings. The van der Waals surface area contributed by atoms with E-state index in [1.54, 1.807) is 20.8 Å². The van der Waals surface area contributed by atoms with Gasteiger partial charge in [-0.05, 0) is 33.3 Å². The number of nitrogens with one attached hydrogen (secondary N) is 2. The first-order chi connectivity index (χ1) is 8.73. The highest BCUT2D eigenvalue weighted by Gasteiger charge is 2.21. The molecule has 1 amide bonds. The van der Waals surface area contributed by atoms with Gasteiger partial charge in [0, 0.05) is 17.3 Å². The van der Waals surface area contributed by atoms with Crippen molar-refractivity contribution >= 4 is 17.7 Å². The monoisotopic (exact) mass is 266 g/mol. The van der Waals surface area contributed by atoms with Gasteiger partial charge in [-0.2, -0.15) is 0 Å². The summed E-state index contributed by atoms with van der Waals surface area (Å²) in [5.41, 5.74) is 2.04. The largest absolute Gasteiger partial charge is 0.481 e. The van der Waals surface area contributed by atoms with Gasteiger partial charge in [-0.3, -0.25) is 14.4 Å². The molecule has 0 saturated heterocycles. The number of hydrogen-bond donors (Lipinski definition) is 3. The van der Waals surface area contributed by atoms with Crippen LogP contribution >= 0.6 is 0 Å². The van der Waals surface area contributed by atoms with Crippen molar-refractivity contribution in [1.29, 1.82) is 0 Å². The maximum atomic E-state index is 12.0. The molecule has 3 N–H and O–H groups in total. The molecule has 1 aromatic rings. The number of Topliss-reactive ketones (excluding diaryl/α,β-unsaturated/α-hetero) is 1. The molecule has 0 aliphatic heterocycles. The zero-order valence-corrected chi connectivity index (χ0v) is 11.5. The first-order valence-electron chi connectivity index (χ1n) is 5.96. The third kappa shape index (κ3) is 3.43. The third-order valence-electron chi connectivity index (χ3n) is 2.87. The minimum atomic E-state index is -0.975. The molecule has 104 valence electrons. The first kappa shape index (κ1) is 14.9. The van der Waals surface area contributed by atoms with Crippen LogP contribution in [0.25, 0.3) is 0 Å². The van der Waals surface area contributed by atoms with Crippen LogP contribution in [0.4, 0.5) is 0 Å². The summed E-state index contributed by atoms with van der Waals surface area (Å²) in [6.45, 7) is 6.47. The fourth-order valence-corrected chi connectivity index (χ4v) is 2.11. The summed E-state index contributed by atoms with van der Waals surface area (Å²) < 4.78 is 0. The summed E-state index contributed by atoms with van der Waals surface area (Å²) in [5, 5.41) is 11.2. The van der Waals surface area contributed by atoms with Crippen LogP contribution in [0.5, 0.6) is 0 Å². The summed E-state index contributed by atoms with van der Waals surface area (Å²) in [6, 6.07) is -0.478. The topological polar surface area (TPSA) is 99.3 Å². The van der Waals surface area contributed by atoms with Crippen molar-refractivity contribution in [3.05, 3.63) is 22.5 Å². The fourth-order valence-electron chi connectivity index (χ4n) is 2.11. The van der Waals surface area contributed by atoms with Gasteiger partial charge in [0.1, 0.15) is 5.69 Å². The smallest absolute Gasteiger partial charge is 0.305 e. The Balaban J connectivity index is 2.92. The van der Waals surface area contributed by atoms with Gasteiger partial charge in [-0.15, -0.1) is 0 Å². The number of ketones is 1. The number of carbonyl (C=O) groups excluding carboxylic acids is 2. The Bertz CT molecular complexity index is 531. The highest BCUT2D eigenvalue weighted by molar-refractivity contribution is 6.02. The number of rotatable bonds is 5. The fraction of sp³-hybridized carbons (Fsp3) is 0.462. The average molecular weight is 266 g/mol. The molecular weight excluding hydrogens is 248 g/mol. The van der Waals surface area contributed by atoms with Crippen LogP contribution in [0.15, 0.2) is 0 Å². The van der Waals surface area contributed by atoms with Crippen LogP contribution in [-0.2, 0) is 4.79 Å². The quantitative estimate of drug-likeness (QED) is 0.702. The Morgan fingerprint density at radius 1 is 1.32 bits per heavy atom. The number of aliphatic carboxylic acids is 1. The molecule has 0 radical (unpaired) electrons. The number of H-pyrrole nitrogens is 1. The lowest BCUT2D eigenvalue weighted by Gasteiger charge is -2.11. The Morgan fingerprint density at radius 3 is 2.32 bits per heavy atom. The second kappa shape index (κ2) is 5.69. The van der Waals surface area contributed by atoms with E-state index in [1.165, 1.54) is 6.92 Å². The number of aromatic nitrogens is 1. The molecule has 6 heteroatoms. The molecule has 0 spiro atoms. The highest BCUT2D eigenvalue weighted by Crippen LogP contribution is 2.18. The van der Waals surface area contributed by atoms with Gasteiger partial charge in [0.15, 0.2) is 5.78 Å². The molecule has 0 aromatic carbocycles. The van der Waals surface area contributed by atoms with Crippen molar-refractivity contribution in [2.24, 2.45) is 0 Å². The van der Waals surface area contributed by atoms with Gasteiger partial charge in [0.05, 0.1) is 6.42 Å². The molecule has 0 aliphatic carbocycles. The molecule has 19 heavy (non-hydrogen) atoms. The third-order valence-corrected chi connectivity index (χ3v) is 2.87. The Kier molecular flexibility index (Phi) is 4.47. The second-order valence-electron chi connectivity index (χ2n) is 4.65. The Hall–Kier alpha value is -2.11. The zero-order chi connectivity index (χ0) is 14.7. The molecule has 1 atom stereocenters. The van der Waals surface area contributed by atoms with E-state index in [4.69, 9.17) is 5.11 Å². The molecule has 1 rings (SSSR count). The van der Waals surface area contributed by atoms with Crippen molar-refractivity contribution in [3.63, 3.8) is 0 Å². The van der Waals surface area contributed by atoms with Crippen LogP contribution in [0.1, 0.15) is 52.4 Å². The lowest BCUT2D eigenvalue weighted by atomic mass is 10.1. The van der Waals surface area contributed by atoms with Gasteiger partial charge >= 0.3 is 5.97 Å². The van der Waals surface area contributed by atoms with Crippen molar-refractivity contribution in [1.82, 2.24) is 10.3 Å². The molecule has 1 heterocycles. The number of carbonyl (C=O) groups is 3. The highest BCUT2D eigenvalue weighted by atomic mass is 16.4. The molecule has 0 saturated carbocycles. The van der Waals surface area contributed by atoms with Crippen LogP contribution in [0.3, 0.4) is 0 Å². The lowest BCUT2D eigenvalue weighted by molar-refractivity contribution is -0.137. The van der Waals surface area contributed by atoms with E-state index in [9.17, 15) is 14.4 Å². The number of hydrogen-bond acceptors (Lipinski definition) is 3. The lowest BCUT2D eigenvalue weighted by Crippen LogP contribution is -2.34. The van der Waals surface area contributed by atoms with Gasteiger partial charge < -0.3 is 15.4 Å². The van der Waals surface area contributed by atoms with Gasteiger partial charge in [-0.25, -0.2) is 0 Å². The zero-order valence-electron chi connectivity index (χ0n) is 11.5. The molecule has 0 fully saturated rings. The minimum absolute atomic E-state index is 0.108. The van der Waals surface area contributed by atoms with Crippen LogP contribution in [0.2, 0.25) is 0 Å². The van der Waals surface area contributed by atoms with Crippen molar-refractivity contribution < 1.29 is 19.5 Å². The van der Waals surface area contributed by atoms with E-state index in [0.29, 0.717) is 22.5 Å². The summed E-state index contributed by atoms with van der Waals surface area (Å²) >= 11 is 0. The van der Waals surface area contributed by atoms with Crippen LogP contribution in [0, 0.1) is 13.8 Å². The SMILES string of the molecule is CC(=O)c1c(C)[nH]c(C(=O)NC(C)CC(=O)O)c1C. The number of aromatic amines is 1. The maximum Gasteiger partial charge on any atom is 0.305 e. The van der Waals surface area contributed by atoms with E-state index in [1.807, 2.05) is 0 Å². The number of carboxylic acid groups (broad SMARTS) is 1. The maximum absolute atomic E-state index is 12.0. The Labute approximate surface area is 111 Å². The first-order valence-corrected chi connectivity index (χ1v) is 5.96. The number of carboxylic acids is 1. The van der Waals surface area contributed by atoms with Gasteiger partial charge in [0.2, 0.25) is 0 Å². The van der Waals surface area contributed by atoms with Crippen LogP contribution in [-0.4, -0.2) is 33.8 Å².